The van der Waals surface area contributed by atoms with Gasteiger partial charge in [0.25, 0.3) is 0 Å². The number of para-hydroxylation sites is 2. The summed E-state index contributed by atoms with van der Waals surface area (Å²) in [4.78, 5) is 12.9. The Hall–Kier alpha value is -4.22. The second-order valence-electron chi connectivity index (χ2n) is 8.22. The summed E-state index contributed by atoms with van der Waals surface area (Å²) in [7, 11) is 5.07. The Morgan fingerprint density at radius 1 is 0.649 bits per heavy atom. The number of hydrogen-bond acceptors (Lipinski definition) is 5. The Morgan fingerprint density at radius 3 is 1.59 bits per heavy atom. The van der Waals surface area contributed by atoms with Crippen molar-refractivity contribution in [3.63, 3.8) is 0 Å². The average molecular weight is 515 g/mol. The standard InChI is InChI=1S/C29H27N2O5P/c1-33-21-13-8-14-22(34-2)27(21)37(28-23(35-3)15-9-16-24(28)36-4)25-17-7-11-19-18-10-5-6-12-20(18)31(26(19)25)29(30)32/h5-17H,1-4H3,(H2,30,32). The molecule has 188 valence electrons. The average Bonchev–Trinajstić information content (AvgIpc) is 3.28. The van der Waals surface area contributed by atoms with Crippen LogP contribution in [0, 0.1) is 0 Å². The van der Waals surface area contributed by atoms with Crippen molar-refractivity contribution in [2.45, 2.75) is 0 Å². The maximum Gasteiger partial charge on any atom is 0.323 e. The number of primary amides is 1. The molecular weight excluding hydrogens is 487 g/mol. The molecule has 0 saturated heterocycles. The number of carbonyl (C=O) groups excluding carboxylic acids is 1. The van der Waals surface area contributed by atoms with E-state index in [-0.39, 0.29) is 0 Å². The van der Waals surface area contributed by atoms with Crippen molar-refractivity contribution in [1.29, 1.82) is 0 Å². The third-order valence-corrected chi connectivity index (χ3v) is 9.00. The summed E-state index contributed by atoms with van der Waals surface area (Å²) in [6, 6.07) is 24.6. The highest BCUT2D eigenvalue weighted by atomic mass is 31.1. The molecule has 0 aliphatic carbocycles. The Morgan fingerprint density at radius 2 is 1.11 bits per heavy atom. The molecule has 1 heterocycles. The summed E-state index contributed by atoms with van der Waals surface area (Å²) in [5.41, 5.74) is 7.46. The molecule has 0 atom stereocenters. The minimum absolute atomic E-state index is 0.562. The zero-order valence-corrected chi connectivity index (χ0v) is 21.9. The largest absolute Gasteiger partial charge is 0.496 e. The lowest BCUT2D eigenvalue weighted by Crippen LogP contribution is -2.28. The van der Waals surface area contributed by atoms with E-state index in [4.69, 9.17) is 24.7 Å². The quantitative estimate of drug-likeness (QED) is 0.323. The number of methoxy groups -OCH3 is 4. The molecule has 0 fully saturated rings. The van der Waals surface area contributed by atoms with Crippen LogP contribution in [0.5, 0.6) is 23.0 Å². The van der Waals surface area contributed by atoms with E-state index in [2.05, 4.69) is 0 Å². The third kappa shape index (κ3) is 3.92. The monoisotopic (exact) mass is 514 g/mol. The number of aromatic nitrogens is 1. The molecule has 1 aromatic heterocycles. The summed E-state index contributed by atoms with van der Waals surface area (Å²) < 4.78 is 25.0. The lowest BCUT2D eigenvalue weighted by atomic mass is 10.1. The van der Waals surface area contributed by atoms with Crippen molar-refractivity contribution in [3.05, 3.63) is 78.9 Å². The Bertz CT molecular complexity index is 1530. The van der Waals surface area contributed by atoms with Gasteiger partial charge in [0.2, 0.25) is 0 Å². The predicted octanol–water partition coefficient (Wildman–Crippen LogP) is 4.51. The van der Waals surface area contributed by atoms with Crippen molar-refractivity contribution in [1.82, 2.24) is 4.57 Å². The van der Waals surface area contributed by atoms with Crippen LogP contribution >= 0.6 is 7.92 Å². The van der Waals surface area contributed by atoms with Crippen LogP contribution in [0.1, 0.15) is 0 Å². The second kappa shape index (κ2) is 10.0. The molecule has 2 N–H and O–H groups in total. The molecule has 0 radical (unpaired) electrons. The van der Waals surface area contributed by atoms with Crippen LogP contribution in [0.25, 0.3) is 21.8 Å². The minimum atomic E-state index is -1.46. The number of carbonyl (C=O) groups is 1. The molecule has 0 saturated carbocycles. The molecule has 0 unspecified atom stereocenters. The fourth-order valence-electron chi connectivity index (χ4n) is 4.87. The van der Waals surface area contributed by atoms with Gasteiger partial charge in [-0.3, -0.25) is 4.57 Å². The lowest BCUT2D eigenvalue weighted by molar-refractivity contribution is 0.252. The van der Waals surface area contributed by atoms with E-state index in [1.54, 1.807) is 33.0 Å². The van der Waals surface area contributed by atoms with Gasteiger partial charge in [-0.1, -0.05) is 48.5 Å². The van der Waals surface area contributed by atoms with Crippen molar-refractivity contribution in [3.8, 4) is 23.0 Å². The lowest BCUT2D eigenvalue weighted by Gasteiger charge is -2.27. The first-order chi connectivity index (χ1) is 18.0. The molecule has 1 amide bonds. The Labute approximate surface area is 216 Å². The van der Waals surface area contributed by atoms with Gasteiger partial charge in [0, 0.05) is 24.0 Å². The van der Waals surface area contributed by atoms with Crippen molar-refractivity contribution in [2.75, 3.05) is 28.4 Å². The number of nitrogens with zero attached hydrogens (tertiary/aromatic N) is 1. The Kier molecular flexibility index (Phi) is 6.64. The van der Waals surface area contributed by atoms with Gasteiger partial charge in [0.15, 0.2) is 0 Å². The highest BCUT2D eigenvalue weighted by Crippen LogP contribution is 2.47. The highest BCUT2D eigenvalue weighted by molar-refractivity contribution is 7.81. The Balaban J connectivity index is 2.01. The summed E-state index contributed by atoms with van der Waals surface area (Å²) in [5, 5.41) is 4.40. The summed E-state index contributed by atoms with van der Waals surface area (Å²) in [6.07, 6.45) is 0. The van der Waals surface area contributed by atoms with Gasteiger partial charge >= 0.3 is 6.03 Å². The summed E-state index contributed by atoms with van der Waals surface area (Å²) >= 11 is 0. The molecule has 7 nitrogen and oxygen atoms in total. The van der Waals surface area contributed by atoms with E-state index in [9.17, 15) is 4.79 Å². The first kappa shape index (κ1) is 24.5. The highest BCUT2D eigenvalue weighted by Gasteiger charge is 2.33. The van der Waals surface area contributed by atoms with Crippen molar-refractivity contribution < 1.29 is 23.7 Å². The number of ether oxygens (including phenoxy) is 4. The summed E-state index contributed by atoms with van der Waals surface area (Å²) in [6.45, 7) is 0. The molecule has 8 heteroatoms. The maximum absolute atomic E-state index is 12.9. The summed E-state index contributed by atoms with van der Waals surface area (Å²) in [5.74, 6) is 2.60. The molecule has 0 aliphatic heterocycles. The van der Waals surface area contributed by atoms with E-state index >= 15 is 0 Å². The zero-order chi connectivity index (χ0) is 26.1. The van der Waals surface area contributed by atoms with Crippen LogP contribution in [0.4, 0.5) is 4.79 Å². The normalized spacial score (nSPS) is 11.2. The molecule has 5 rings (SSSR count). The fourth-order valence-corrected chi connectivity index (χ4v) is 7.78. The van der Waals surface area contributed by atoms with Crippen LogP contribution in [0.2, 0.25) is 0 Å². The van der Waals surface area contributed by atoms with Gasteiger partial charge in [-0.05, 0) is 30.3 Å². The first-order valence-electron chi connectivity index (χ1n) is 11.6. The SMILES string of the molecule is COc1cccc(OC)c1P(c1c(OC)cccc1OC)c1cccc2c3ccccc3n(C(N)=O)c12. The molecule has 0 aliphatic rings. The zero-order valence-electron chi connectivity index (χ0n) is 21.0. The van der Waals surface area contributed by atoms with Crippen molar-refractivity contribution in [2.24, 2.45) is 5.73 Å². The number of rotatable bonds is 7. The predicted molar refractivity (Wildman–Crippen MR) is 149 cm³/mol. The van der Waals surface area contributed by atoms with Gasteiger partial charge in [-0.15, -0.1) is 0 Å². The van der Waals surface area contributed by atoms with Gasteiger partial charge in [-0.2, -0.15) is 0 Å². The fraction of sp³-hybridized carbons (Fsp3) is 0.138. The van der Waals surface area contributed by atoms with Gasteiger partial charge < -0.3 is 24.7 Å². The van der Waals surface area contributed by atoms with E-state index in [0.29, 0.717) is 23.0 Å². The van der Waals surface area contributed by atoms with E-state index in [1.807, 2.05) is 78.9 Å². The molecule has 0 bridgehead atoms. The molecule has 0 spiro atoms. The number of nitrogens with two attached hydrogens (primary N) is 1. The molecule has 5 aromatic rings. The van der Waals surface area contributed by atoms with Crippen LogP contribution in [-0.2, 0) is 0 Å². The third-order valence-electron chi connectivity index (χ3n) is 6.39. The minimum Gasteiger partial charge on any atom is -0.496 e. The van der Waals surface area contributed by atoms with Crippen LogP contribution in [0.15, 0.2) is 78.9 Å². The maximum atomic E-state index is 12.9. The smallest absolute Gasteiger partial charge is 0.323 e. The first-order valence-corrected chi connectivity index (χ1v) is 12.9. The topological polar surface area (TPSA) is 84.9 Å². The number of benzene rings is 4. The van der Waals surface area contributed by atoms with Crippen LogP contribution in [-0.4, -0.2) is 39.0 Å². The number of hydrogen-bond donors (Lipinski definition) is 1. The number of amides is 1. The van der Waals surface area contributed by atoms with Crippen LogP contribution in [0.3, 0.4) is 0 Å². The van der Waals surface area contributed by atoms with Gasteiger partial charge in [0.05, 0.1) is 50.1 Å². The molecular formula is C29H27N2O5P. The van der Waals surface area contributed by atoms with Crippen molar-refractivity contribution >= 4 is 51.7 Å². The van der Waals surface area contributed by atoms with Crippen LogP contribution < -0.4 is 40.6 Å². The molecule has 37 heavy (non-hydrogen) atoms. The molecule has 4 aromatic carbocycles. The van der Waals surface area contributed by atoms with Gasteiger partial charge in [-0.25, -0.2) is 4.79 Å². The second-order valence-corrected chi connectivity index (χ2v) is 10.3. The van der Waals surface area contributed by atoms with Gasteiger partial charge in [0.1, 0.15) is 23.0 Å². The van der Waals surface area contributed by atoms with E-state index < -0.39 is 14.0 Å². The number of fused-ring (bicyclic) bond motifs is 3. The van der Waals surface area contributed by atoms with E-state index in [0.717, 1.165) is 37.7 Å². The van der Waals surface area contributed by atoms with E-state index in [1.165, 1.54) is 0 Å².